The average molecular weight is 436 g/mol. The van der Waals surface area contributed by atoms with Crippen LogP contribution in [0.3, 0.4) is 0 Å². The van der Waals surface area contributed by atoms with Crippen molar-refractivity contribution in [3.63, 3.8) is 0 Å². The summed E-state index contributed by atoms with van der Waals surface area (Å²) in [5.41, 5.74) is 3.41. The number of hydrogen-bond donors (Lipinski definition) is 0. The topological polar surface area (TPSA) is 83.3 Å². The van der Waals surface area contributed by atoms with Crippen molar-refractivity contribution in [3.8, 4) is 39.8 Å². The Morgan fingerprint density at radius 3 is 2.35 bits per heavy atom. The zero-order valence-corrected chi connectivity index (χ0v) is 17.9. The van der Waals surface area contributed by atoms with Crippen molar-refractivity contribution in [1.82, 2.24) is 14.8 Å². The number of nitrogens with zero attached hydrogens (tertiary/aromatic N) is 3. The van der Waals surface area contributed by atoms with Gasteiger partial charge < -0.3 is 8.92 Å². The van der Waals surface area contributed by atoms with E-state index in [1.807, 2.05) is 48.5 Å². The van der Waals surface area contributed by atoms with E-state index in [9.17, 15) is 8.42 Å². The molecule has 2 heterocycles. The van der Waals surface area contributed by atoms with Crippen molar-refractivity contribution in [2.75, 3.05) is 12.9 Å². The minimum absolute atomic E-state index is 0.0883. The Bertz CT molecular complexity index is 1280. The summed E-state index contributed by atoms with van der Waals surface area (Å²) in [5.74, 6) is 1.18. The van der Waals surface area contributed by atoms with E-state index in [-0.39, 0.29) is 11.6 Å². The number of hydrogen-bond acceptors (Lipinski definition) is 6. The molecule has 8 heteroatoms. The van der Waals surface area contributed by atoms with E-state index in [0.29, 0.717) is 11.5 Å². The molecule has 2 aromatic heterocycles. The van der Waals surface area contributed by atoms with Crippen LogP contribution >= 0.6 is 0 Å². The summed E-state index contributed by atoms with van der Waals surface area (Å²) in [6.45, 7) is 1.52. The van der Waals surface area contributed by atoms with Gasteiger partial charge in [0.05, 0.1) is 18.6 Å². The number of methoxy groups -OCH3 is 1. The highest BCUT2D eigenvalue weighted by atomic mass is 32.2. The maximum atomic E-state index is 12.1. The van der Waals surface area contributed by atoms with Gasteiger partial charge in [-0.3, -0.25) is 0 Å². The van der Waals surface area contributed by atoms with Crippen LogP contribution < -0.4 is 8.92 Å². The molecule has 0 saturated heterocycles. The fraction of sp³-hybridized carbons (Fsp3) is 0.130. The molecule has 0 spiro atoms. The highest BCUT2D eigenvalue weighted by Crippen LogP contribution is 2.30. The lowest BCUT2D eigenvalue weighted by atomic mass is 10.0. The van der Waals surface area contributed by atoms with Gasteiger partial charge in [0.2, 0.25) is 5.88 Å². The molecule has 0 saturated carbocycles. The molecular formula is C23H21N3O4S. The van der Waals surface area contributed by atoms with Crippen molar-refractivity contribution in [2.24, 2.45) is 0 Å². The number of pyridine rings is 1. The summed E-state index contributed by atoms with van der Waals surface area (Å²) < 4.78 is 36.1. The molecule has 0 fully saturated rings. The normalized spacial score (nSPS) is 11.3. The Kier molecular flexibility index (Phi) is 5.73. The van der Waals surface area contributed by atoms with E-state index in [1.54, 1.807) is 37.6 Å². The summed E-state index contributed by atoms with van der Waals surface area (Å²) in [7, 11) is -2.10. The summed E-state index contributed by atoms with van der Waals surface area (Å²) in [4.78, 5) is 4.27. The van der Waals surface area contributed by atoms with Crippen LogP contribution in [0.5, 0.6) is 11.6 Å². The maximum absolute atomic E-state index is 12.1. The van der Waals surface area contributed by atoms with E-state index in [2.05, 4.69) is 10.1 Å². The number of aromatic nitrogens is 3. The molecule has 31 heavy (non-hydrogen) atoms. The van der Waals surface area contributed by atoms with Crippen LogP contribution in [0.15, 0.2) is 79.0 Å². The van der Waals surface area contributed by atoms with Crippen molar-refractivity contribution in [1.29, 1.82) is 0 Å². The first-order valence-corrected chi connectivity index (χ1v) is 11.3. The fourth-order valence-electron chi connectivity index (χ4n) is 3.04. The molecule has 0 radical (unpaired) electrons. The summed E-state index contributed by atoms with van der Waals surface area (Å²) >= 11 is 0. The van der Waals surface area contributed by atoms with Gasteiger partial charge in [-0.25, -0.2) is 4.98 Å². The molecule has 0 bridgehead atoms. The molecule has 0 N–H and O–H groups in total. The van der Waals surface area contributed by atoms with Gasteiger partial charge >= 0.3 is 10.1 Å². The van der Waals surface area contributed by atoms with E-state index in [4.69, 9.17) is 8.92 Å². The highest BCUT2D eigenvalue weighted by molar-refractivity contribution is 7.87. The second-order valence-electron chi connectivity index (χ2n) is 6.71. The zero-order valence-electron chi connectivity index (χ0n) is 17.1. The molecular weight excluding hydrogens is 414 g/mol. The average Bonchev–Trinajstić information content (AvgIpc) is 3.23. The minimum Gasteiger partial charge on any atom is -0.497 e. The van der Waals surface area contributed by atoms with Gasteiger partial charge in [-0.05, 0) is 48.4 Å². The third-order valence-corrected chi connectivity index (χ3v) is 5.82. The Balaban J connectivity index is 1.76. The lowest BCUT2D eigenvalue weighted by Crippen LogP contribution is -2.14. The first kappa shape index (κ1) is 20.6. The highest BCUT2D eigenvalue weighted by Gasteiger charge is 2.19. The van der Waals surface area contributed by atoms with Crippen LogP contribution in [0.25, 0.3) is 28.2 Å². The summed E-state index contributed by atoms with van der Waals surface area (Å²) in [6.07, 6.45) is 1.61. The maximum Gasteiger partial charge on any atom is 0.310 e. The predicted octanol–water partition coefficient (Wildman–Crippen LogP) is 4.34. The van der Waals surface area contributed by atoms with Gasteiger partial charge in [0.25, 0.3) is 0 Å². The van der Waals surface area contributed by atoms with Crippen LogP contribution in [0.1, 0.15) is 6.92 Å². The molecule has 4 rings (SSSR count). The monoisotopic (exact) mass is 435 g/mol. The van der Waals surface area contributed by atoms with Crippen molar-refractivity contribution in [2.45, 2.75) is 6.92 Å². The summed E-state index contributed by atoms with van der Waals surface area (Å²) in [6, 6.07) is 22.5. The second kappa shape index (κ2) is 8.61. The number of benzene rings is 2. The largest absolute Gasteiger partial charge is 0.497 e. The van der Waals surface area contributed by atoms with Crippen molar-refractivity contribution in [3.05, 3.63) is 79.0 Å². The Labute approximate surface area is 181 Å². The standard InChI is InChI=1S/C23H21N3O4S/c1-3-31(27,28)30-23-16-21(25-26(23)22-9-4-5-14-24-22)19-8-6-7-18(15-19)17-10-12-20(29-2)13-11-17/h4-16H,3H2,1-2H3. The molecule has 0 aliphatic carbocycles. The Morgan fingerprint density at radius 2 is 1.68 bits per heavy atom. The molecule has 0 aliphatic heterocycles. The van der Waals surface area contributed by atoms with E-state index >= 15 is 0 Å². The summed E-state index contributed by atoms with van der Waals surface area (Å²) in [5, 5.41) is 4.58. The second-order valence-corrected chi connectivity index (χ2v) is 8.57. The minimum atomic E-state index is -3.73. The lowest BCUT2D eigenvalue weighted by Gasteiger charge is -2.07. The quantitative estimate of drug-likeness (QED) is 0.402. The molecule has 7 nitrogen and oxygen atoms in total. The van der Waals surface area contributed by atoms with Crippen LogP contribution in [-0.4, -0.2) is 36.0 Å². The van der Waals surface area contributed by atoms with Crippen LogP contribution in [0.4, 0.5) is 0 Å². The molecule has 0 atom stereocenters. The van der Waals surface area contributed by atoms with Gasteiger partial charge in [0.15, 0.2) is 5.82 Å². The van der Waals surface area contributed by atoms with E-state index in [0.717, 1.165) is 22.4 Å². The molecule has 158 valence electrons. The van der Waals surface area contributed by atoms with Crippen molar-refractivity contribution >= 4 is 10.1 Å². The van der Waals surface area contributed by atoms with Crippen LogP contribution in [0.2, 0.25) is 0 Å². The van der Waals surface area contributed by atoms with Gasteiger partial charge in [0.1, 0.15) is 5.75 Å². The Morgan fingerprint density at radius 1 is 0.903 bits per heavy atom. The van der Waals surface area contributed by atoms with Gasteiger partial charge in [-0.1, -0.05) is 36.4 Å². The Hall–Kier alpha value is -3.65. The fourth-order valence-corrected chi connectivity index (χ4v) is 3.53. The predicted molar refractivity (Wildman–Crippen MR) is 119 cm³/mol. The first-order valence-electron chi connectivity index (χ1n) is 9.67. The van der Waals surface area contributed by atoms with Crippen molar-refractivity contribution < 1.29 is 17.3 Å². The third kappa shape index (κ3) is 4.59. The van der Waals surface area contributed by atoms with E-state index in [1.165, 1.54) is 11.6 Å². The molecule has 2 aromatic carbocycles. The molecule has 4 aromatic rings. The number of rotatable bonds is 7. The van der Waals surface area contributed by atoms with Crippen LogP contribution in [-0.2, 0) is 10.1 Å². The first-order chi connectivity index (χ1) is 15.0. The van der Waals surface area contributed by atoms with E-state index < -0.39 is 10.1 Å². The number of ether oxygens (including phenoxy) is 1. The van der Waals surface area contributed by atoms with Gasteiger partial charge in [0, 0.05) is 17.8 Å². The third-order valence-electron chi connectivity index (χ3n) is 4.69. The molecule has 0 aliphatic rings. The SMILES string of the molecule is CCS(=O)(=O)Oc1cc(-c2cccc(-c3ccc(OC)cc3)c2)nn1-c1ccccn1. The smallest absolute Gasteiger partial charge is 0.310 e. The zero-order chi connectivity index (χ0) is 21.8. The van der Waals surface area contributed by atoms with Gasteiger partial charge in [-0.15, -0.1) is 0 Å². The molecule has 0 unspecified atom stereocenters. The van der Waals surface area contributed by atoms with Crippen LogP contribution in [0, 0.1) is 0 Å². The molecule has 0 amide bonds. The lowest BCUT2D eigenvalue weighted by molar-refractivity contribution is 0.415. The van der Waals surface area contributed by atoms with Gasteiger partial charge in [-0.2, -0.15) is 18.2 Å².